The predicted octanol–water partition coefficient (Wildman–Crippen LogP) is 10.7. The molecular formula is C39H25NO2. The predicted molar refractivity (Wildman–Crippen MR) is 175 cm³/mol. The number of ether oxygens (including phenoxy) is 1. The molecule has 3 heteroatoms. The summed E-state index contributed by atoms with van der Waals surface area (Å²) in [5.41, 5.74) is 7.71. The van der Waals surface area contributed by atoms with Crippen LogP contribution in [-0.4, -0.2) is 11.7 Å². The van der Waals surface area contributed by atoms with Gasteiger partial charge in [-0.25, -0.2) is 0 Å². The van der Waals surface area contributed by atoms with Gasteiger partial charge in [-0.15, -0.1) is 0 Å². The third kappa shape index (κ3) is 3.28. The van der Waals surface area contributed by atoms with Crippen LogP contribution in [0.25, 0.3) is 82.1 Å². The van der Waals surface area contributed by atoms with Gasteiger partial charge in [-0.2, -0.15) is 0 Å². The average molecular weight is 540 g/mol. The lowest BCUT2D eigenvalue weighted by molar-refractivity contribution is 0.415. The van der Waals surface area contributed by atoms with Gasteiger partial charge in [0.15, 0.2) is 0 Å². The molecule has 0 unspecified atom stereocenters. The minimum Gasteiger partial charge on any atom is -0.497 e. The Morgan fingerprint density at radius 2 is 1.24 bits per heavy atom. The molecule has 0 aliphatic carbocycles. The molecule has 0 aliphatic heterocycles. The minimum absolute atomic E-state index is 0.848. The molecule has 0 N–H and O–H groups in total. The van der Waals surface area contributed by atoms with Gasteiger partial charge in [0.2, 0.25) is 0 Å². The molecule has 0 saturated carbocycles. The second-order valence-corrected chi connectivity index (χ2v) is 10.9. The maximum absolute atomic E-state index is 6.31. The van der Waals surface area contributed by atoms with E-state index in [4.69, 9.17) is 9.15 Å². The summed E-state index contributed by atoms with van der Waals surface area (Å²) in [6, 6.07) is 47.6. The zero-order valence-corrected chi connectivity index (χ0v) is 23.0. The van der Waals surface area contributed by atoms with Crippen LogP contribution < -0.4 is 4.74 Å². The van der Waals surface area contributed by atoms with Crippen molar-refractivity contribution in [3.63, 3.8) is 0 Å². The van der Waals surface area contributed by atoms with E-state index in [2.05, 4.69) is 114 Å². The van der Waals surface area contributed by atoms with Crippen molar-refractivity contribution >= 4 is 65.3 Å². The summed E-state index contributed by atoms with van der Waals surface area (Å²) in [5, 5.41) is 9.58. The van der Waals surface area contributed by atoms with Crippen molar-refractivity contribution in [2.45, 2.75) is 0 Å². The maximum Gasteiger partial charge on any atom is 0.136 e. The Bertz CT molecular complexity index is 2480. The molecule has 2 aromatic heterocycles. The largest absolute Gasteiger partial charge is 0.497 e. The summed E-state index contributed by atoms with van der Waals surface area (Å²) >= 11 is 0. The second kappa shape index (κ2) is 8.73. The molecular weight excluding hydrogens is 514 g/mol. The summed E-state index contributed by atoms with van der Waals surface area (Å²) in [5.74, 6) is 0.848. The monoisotopic (exact) mass is 539 g/mol. The number of nitrogens with zero attached hydrogens (tertiary/aromatic N) is 1. The molecule has 198 valence electrons. The molecule has 3 nitrogen and oxygen atoms in total. The topological polar surface area (TPSA) is 27.3 Å². The summed E-state index contributed by atoms with van der Waals surface area (Å²) in [6.45, 7) is 0. The summed E-state index contributed by atoms with van der Waals surface area (Å²) < 4.78 is 14.2. The van der Waals surface area contributed by atoms with Gasteiger partial charge in [0, 0.05) is 27.2 Å². The standard InChI is InChI=1S/C39H25NO2/c1-41-27-17-15-24(16-18-27)30-19-25-20-39-35(29-12-6-8-14-38(29)42-39)21-31(25)33-23-37-34(22-32(30)33)28-11-5-7-13-36(28)40(37)26-9-3-2-4-10-26/h2-23H,1H3. The number of aromatic nitrogens is 1. The Hall–Kier alpha value is -5.54. The quantitative estimate of drug-likeness (QED) is 0.209. The fourth-order valence-electron chi connectivity index (χ4n) is 6.70. The number of methoxy groups -OCH3 is 1. The number of hydrogen-bond acceptors (Lipinski definition) is 2. The Labute approximate surface area is 241 Å². The Balaban J connectivity index is 1.48. The highest BCUT2D eigenvalue weighted by molar-refractivity contribution is 6.24. The van der Waals surface area contributed by atoms with Crippen molar-refractivity contribution in [2.24, 2.45) is 0 Å². The summed E-state index contributed by atoms with van der Waals surface area (Å²) in [7, 11) is 1.71. The third-order valence-corrected chi connectivity index (χ3v) is 8.66. The maximum atomic E-state index is 6.31. The highest BCUT2D eigenvalue weighted by Crippen LogP contribution is 2.43. The second-order valence-electron chi connectivity index (χ2n) is 10.9. The number of para-hydroxylation sites is 3. The van der Waals surface area contributed by atoms with Gasteiger partial charge in [-0.1, -0.05) is 66.7 Å². The first-order valence-corrected chi connectivity index (χ1v) is 14.2. The van der Waals surface area contributed by atoms with Gasteiger partial charge in [0.1, 0.15) is 16.9 Å². The van der Waals surface area contributed by atoms with E-state index in [0.717, 1.165) is 44.3 Å². The minimum atomic E-state index is 0.848. The molecule has 0 fully saturated rings. The molecule has 0 bridgehead atoms. The molecule has 9 aromatic rings. The number of hydrogen-bond donors (Lipinski definition) is 0. The summed E-state index contributed by atoms with van der Waals surface area (Å²) in [6.07, 6.45) is 0. The molecule has 0 saturated heterocycles. The highest BCUT2D eigenvalue weighted by atomic mass is 16.5. The zero-order valence-electron chi connectivity index (χ0n) is 23.0. The van der Waals surface area contributed by atoms with Crippen LogP contribution >= 0.6 is 0 Å². The first kappa shape index (κ1) is 23.2. The third-order valence-electron chi connectivity index (χ3n) is 8.66. The lowest BCUT2D eigenvalue weighted by Gasteiger charge is -2.14. The van der Waals surface area contributed by atoms with Crippen LogP contribution in [0.15, 0.2) is 138 Å². The number of benzene rings is 7. The number of rotatable bonds is 3. The van der Waals surface area contributed by atoms with Crippen LogP contribution in [0.5, 0.6) is 5.75 Å². The van der Waals surface area contributed by atoms with E-state index >= 15 is 0 Å². The first-order valence-electron chi connectivity index (χ1n) is 14.2. The van der Waals surface area contributed by atoms with Crippen molar-refractivity contribution in [3.05, 3.63) is 133 Å². The van der Waals surface area contributed by atoms with Crippen LogP contribution in [0, 0.1) is 0 Å². The van der Waals surface area contributed by atoms with Crippen molar-refractivity contribution in [1.29, 1.82) is 0 Å². The fraction of sp³-hybridized carbons (Fsp3) is 0.0256. The molecule has 9 rings (SSSR count). The molecule has 0 aliphatic rings. The molecule has 0 spiro atoms. The van der Waals surface area contributed by atoms with Crippen molar-refractivity contribution in [3.8, 4) is 22.6 Å². The van der Waals surface area contributed by atoms with E-state index in [1.165, 1.54) is 43.5 Å². The normalized spacial score (nSPS) is 11.9. The van der Waals surface area contributed by atoms with Crippen LogP contribution in [0.1, 0.15) is 0 Å². The first-order chi connectivity index (χ1) is 20.8. The van der Waals surface area contributed by atoms with Crippen molar-refractivity contribution < 1.29 is 9.15 Å². The lowest BCUT2D eigenvalue weighted by Crippen LogP contribution is -1.93. The molecule has 7 aromatic carbocycles. The van der Waals surface area contributed by atoms with Crippen LogP contribution in [0.4, 0.5) is 0 Å². The molecule has 0 amide bonds. The molecule has 42 heavy (non-hydrogen) atoms. The van der Waals surface area contributed by atoms with Gasteiger partial charge in [-0.3, -0.25) is 0 Å². The van der Waals surface area contributed by atoms with E-state index in [1.807, 2.05) is 24.3 Å². The smallest absolute Gasteiger partial charge is 0.136 e. The SMILES string of the molecule is COc1ccc(-c2cc3cc4oc5ccccc5c4cc3c3cc4c(cc23)c2ccccc2n4-c2ccccc2)cc1. The average Bonchev–Trinajstić information content (AvgIpc) is 3.57. The van der Waals surface area contributed by atoms with Crippen molar-refractivity contribution in [1.82, 2.24) is 4.57 Å². The number of furan rings is 1. The highest BCUT2D eigenvalue weighted by Gasteiger charge is 2.18. The van der Waals surface area contributed by atoms with E-state index in [0.29, 0.717) is 0 Å². The van der Waals surface area contributed by atoms with Gasteiger partial charge in [0.05, 0.1) is 18.1 Å². The van der Waals surface area contributed by atoms with Gasteiger partial charge in [-0.05, 0) is 99.4 Å². The molecule has 0 radical (unpaired) electrons. The Kier molecular flexibility index (Phi) is 4.82. The van der Waals surface area contributed by atoms with E-state index in [1.54, 1.807) is 7.11 Å². The van der Waals surface area contributed by atoms with E-state index in [-0.39, 0.29) is 0 Å². The lowest BCUT2D eigenvalue weighted by atomic mass is 9.91. The fourth-order valence-corrected chi connectivity index (χ4v) is 6.70. The van der Waals surface area contributed by atoms with E-state index in [9.17, 15) is 0 Å². The Morgan fingerprint density at radius 1 is 0.500 bits per heavy atom. The zero-order chi connectivity index (χ0) is 27.8. The van der Waals surface area contributed by atoms with Gasteiger partial charge in [0.25, 0.3) is 0 Å². The number of fused-ring (bicyclic) bond motifs is 9. The van der Waals surface area contributed by atoms with Crippen LogP contribution in [0.2, 0.25) is 0 Å². The summed E-state index contributed by atoms with van der Waals surface area (Å²) in [4.78, 5) is 0. The molecule has 2 heterocycles. The van der Waals surface area contributed by atoms with Crippen LogP contribution in [-0.2, 0) is 0 Å². The molecule has 0 atom stereocenters. The Morgan fingerprint density at radius 3 is 2.07 bits per heavy atom. The van der Waals surface area contributed by atoms with E-state index < -0.39 is 0 Å². The van der Waals surface area contributed by atoms with Gasteiger partial charge < -0.3 is 13.7 Å². The van der Waals surface area contributed by atoms with Gasteiger partial charge >= 0.3 is 0 Å². The van der Waals surface area contributed by atoms with Crippen LogP contribution in [0.3, 0.4) is 0 Å². The van der Waals surface area contributed by atoms with Crippen molar-refractivity contribution in [2.75, 3.05) is 7.11 Å².